The van der Waals surface area contributed by atoms with Crippen LogP contribution in [0, 0.1) is 0 Å². The fraction of sp³-hybridized carbons (Fsp3) is 0.364. The molecule has 10 nitrogen and oxygen atoms in total. The number of nitrogens with one attached hydrogen (secondary N) is 3. The Morgan fingerprint density at radius 3 is 2.37 bits per heavy atom. The first-order chi connectivity index (χ1) is 20.7. The van der Waals surface area contributed by atoms with Crippen LogP contribution < -0.4 is 35.6 Å². The SMILES string of the molecule is COc1cc2c(c(OC)c1OC)-c1ccc(NCCCC(=O)NCCc3ccc(O)cc3)c(=O)cc1[C@@H](NC(C)=O)CC2. The van der Waals surface area contributed by atoms with E-state index in [1.165, 1.54) is 6.92 Å². The summed E-state index contributed by atoms with van der Waals surface area (Å²) in [4.78, 5) is 37.9. The van der Waals surface area contributed by atoms with Gasteiger partial charge in [0.1, 0.15) is 5.75 Å². The number of hydrogen-bond donors (Lipinski definition) is 4. The van der Waals surface area contributed by atoms with Crippen LogP contribution in [-0.2, 0) is 22.4 Å². The van der Waals surface area contributed by atoms with Gasteiger partial charge in [-0.2, -0.15) is 0 Å². The Morgan fingerprint density at radius 1 is 0.953 bits per heavy atom. The standard InChI is InChI=1S/C33H39N3O7/c1-20(37)36-26-13-9-22-18-29(41-2)32(42-3)33(43-4)31(22)24-12-14-27(28(39)19-25(24)26)34-16-5-6-30(40)35-17-15-21-7-10-23(38)11-8-21/h7-8,10-12,14,18-19,26,38H,5-6,9,13,15-17H2,1-4H3,(H,34,39)(H,35,40)(H,36,37)/t26-/m0/s1. The number of aromatic hydroxyl groups is 1. The van der Waals surface area contributed by atoms with Gasteiger partial charge in [-0.25, -0.2) is 0 Å². The molecular weight excluding hydrogens is 550 g/mol. The summed E-state index contributed by atoms with van der Waals surface area (Å²) >= 11 is 0. The van der Waals surface area contributed by atoms with Gasteiger partial charge in [-0.1, -0.05) is 18.2 Å². The fourth-order valence-electron chi connectivity index (χ4n) is 5.42. The van der Waals surface area contributed by atoms with Crippen LogP contribution in [0.1, 0.15) is 48.9 Å². The van der Waals surface area contributed by atoms with Crippen molar-refractivity contribution in [2.45, 2.75) is 45.1 Å². The molecule has 0 saturated heterocycles. The van der Waals surface area contributed by atoms with Crippen molar-refractivity contribution in [3.8, 4) is 34.1 Å². The van der Waals surface area contributed by atoms with Gasteiger partial charge < -0.3 is 35.3 Å². The molecule has 228 valence electrons. The lowest BCUT2D eigenvalue weighted by Crippen LogP contribution is -2.26. The monoisotopic (exact) mass is 589 g/mol. The van der Waals surface area contributed by atoms with Gasteiger partial charge in [0.25, 0.3) is 0 Å². The largest absolute Gasteiger partial charge is 0.508 e. The summed E-state index contributed by atoms with van der Waals surface area (Å²) in [6.07, 6.45) is 2.70. The van der Waals surface area contributed by atoms with Crippen LogP contribution in [-0.4, -0.2) is 51.3 Å². The van der Waals surface area contributed by atoms with Crippen molar-refractivity contribution in [1.82, 2.24) is 10.6 Å². The molecule has 0 aliphatic heterocycles. The predicted octanol–water partition coefficient (Wildman–Crippen LogP) is 4.12. The average Bonchev–Trinajstić information content (AvgIpc) is 3.23. The van der Waals surface area contributed by atoms with E-state index in [-0.39, 0.29) is 29.0 Å². The third-order valence-corrected chi connectivity index (χ3v) is 7.48. The molecule has 0 heterocycles. The number of phenols is 1. The predicted molar refractivity (Wildman–Crippen MR) is 165 cm³/mol. The number of phenolic OH excluding ortho intramolecular Hbond substituents is 1. The van der Waals surface area contributed by atoms with Crippen LogP contribution in [0.5, 0.6) is 23.0 Å². The fourth-order valence-corrected chi connectivity index (χ4v) is 5.42. The Labute approximate surface area is 251 Å². The van der Waals surface area contributed by atoms with E-state index in [4.69, 9.17) is 14.2 Å². The maximum absolute atomic E-state index is 13.4. The van der Waals surface area contributed by atoms with Crippen molar-refractivity contribution in [3.63, 3.8) is 0 Å². The van der Waals surface area contributed by atoms with E-state index in [1.807, 2.05) is 24.3 Å². The van der Waals surface area contributed by atoms with Crippen molar-refractivity contribution < 1.29 is 28.9 Å². The molecule has 0 spiro atoms. The molecule has 0 radical (unpaired) electrons. The van der Waals surface area contributed by atoms with Crippen LogP contribution in [0.15, 0.2) is 53.3 Å². The van der Waals surface area contributed by atoms with Crippen molar-refractivity contribution in [3.05, 3.63) is 75.4 Å². The van der Waals surface area contributed by atoms with Crippen LogP contribution in [0.25, 0.3) is 11.1 Å². The zero-order valence-corrected chi connectivity index (χ0v) is 25.0. The Bertz CT molecular complexity index is 1520. The smallest absolute Gasteiger partial charge is 0.220 e. The first-order valence-corrected chi connectivity index (χ1v) is 14.3. The quantitative estimate of drug-likeness (QED) is 0.232. The number of rotatable bonds is 12. The minimum atomic E-state index is -0.389. The van der Waals surface area contributed by atoms with Crippen LogP contribution >= 0.6 is 0 Å². The highest BCUT2D eigenvalue weighted by atomic mass is 16.5. The summed E-state index contributed by atoms with van der Waals surface area (Å²) in [5.74, 6) is 1.42. The summed E-state index contributed by atoms with van der Waals surface area (Å²) in [6.45, 7) is 2.39. The second kappa shape index (κ2) is 14.4. The molecule has 4 N–H and O–H groups in total. The molecular formula is C33H39N3O7. The molecule has 0 aromatic heterocycles. The Hall–Kier alpha value is -4.73. The number of anilines is 1. The van der Waals surface area contributed by atoms with Gasteiger partial charge in [-0.15, -0.1) is 0 Å². The summed E-state index contributed by atoms with van der Waals surface area (Å²) in [5.41, 5.74) is 4.37. The minimum Gasteiger partial charge on any atom is -0.508 e. The second-order valence-electron chi connectivity index (χ2n) is 10.4. The molecule has 1 atom stereocenters. The van der Waals surface area contributed by atoms with E-state index in [0.29, 0.717) is 73.7 Å². The molecule has 43 heavy (non-hydrogen) atoms. The van der Waals surface area contributed by atoms with Crippen molar-refractivity contribution >= 4 is 17.5 Å². The summed E-state index contributed by atoms with van der Waals surface area (Å²) in [5, 5.41) is 18.5. The van der Waals surface area contributed by atoms with Crippen LogP contribution in [0.3, 0.4) is 0 Å². The Kier molecular flexibility index (Phi) is 10.5. The number of amides is 2. The average molecular weight is 590 g/mol. The maximum Gasteiger partial charge on any atom is 0.220 e. The van der Waals surface area contributed by atoms with E-state index in [0.717, 1.165) is 22.3 Å². The number of fused-ring (bicyclic) bond motifs is 3. The molecule has 10 heteroatoms. The third-order valence-electron chi connectivity index (χ3n) is 7.48. The highest BCUT2D eigenvalue weighted by molar-refractivity contribution is 5.83. The first-order valence-electron chi connectivity index (χ1n) is 14.3. The maximum atomic E-state index is 13.4. The summed E-state index contributed by atoms with van der Waals surface area (Å²) in [7, 11) is 4.67. The topological polar surface area (TPSA) is 135 Å². The van der Waals surface area contributed by atoms with Gasteiger partial charge in [0.05, 0.1) is 33.1 Å². The molecule has 4 rings (SSSR count). The lowest BCUT2D eigenvalue weighted by Gasteiger charge is -2.19. The number of benzene rings is 2. The van der Waals surface area contributed by atoms with Crippen LogP contribution in [0.2, 0.25) is 0 Å². The summed E-state index contributed by atoms with van der Waals surface area (Å²) < 4.78 is 17.0. The van der Waals surface area contributed by atoms with Gasteiger partial charge in [-0.3, -0.25) is 14.4 Å². The molecule has 0 fully saturated rings. The zero-order valence-electron chi connectivity index (χ0n) is 25.0. The number of carbonyl (C=O) groups excluding carboxylic acids is 2. The molecule has 2 amide bonds. The minimum absolute atomic E-state index is 0.0699. The van der Waals surface area contributed by atoms with Gasteiger partial charge in [0.15, 0.2) is 11.5 Å². The Morgan fingerprint density at radius 2 is 1.70 bits per heavy atom. The molecule has 0 saturated carbocycles. The molecule has 1 aliphatic rings. The lowest BCUT2D eigenvalue weighted by atomic mass is 9.95. The highest BCUT2D eigenvalue weighted by Crippen LogP contribution is 2.50. The molecule has 0 unspecified atom stereocenters. The highest BCUT2D eigenvalue weighted by Gasteiger charge is 2.29. The first kappa shape index (κ1) is 31.2. The number of ether oxygens (including phenoxy) is 3. The molecule has 0 bridgehead atoms. The van der Waals surface area contributed by atoms with Crippen molar-refractivity contribution in [1.29, 1.82) is 0 Å². The van der Waals surface area contributed by atoms with Gasteiger partial charge in [0, 0.05) is 32.0 Å². The van der Waals surface area contributed by atoms with E-state index in [2.05, 4.69) is 16.0 Å². The van der Waals surface area contributed by atoms with E-state index in [9.17, 15) is 19.5 Å². The number of aryl methyl sites for hydroxylation is 1. The summed E-state index contributed by atoms with van der Waals surface area (Å²) in [6, 6.07) is 13.6. The van der Waals surface area contributed by atoms with Gasteiger partial charge in [-0.05, 0) is 78.3 Å². The van der Waals surface area contributed by atoms with Crippen molar-refractivity contribution in [2.24, 2.45) is 0 Å². The van der Waals surface area contributed by atoms with Crippen LogP contribution in [0.4, 0.5) is 5.69 Å². The van der Waals surface area contributed by atoms with E-state index in [1.54, 1.807) is 45.6 Å². The van der Waals surface area contributed by atoms with Crippen molar-refractivity contribution in [2.75, 3.05) is 39.7 Å². The normalized spacial score (nSPS) is 13.5. The molecule has 1 aliphatic carbocycles. The van der Waals surface area contributed by atoms with E-state index >= 15 is 0 Å². The molecule has 3 aromatic rings. The lowest BCUT2D eigenvalue weighted by molar-refractivity contribution is -0.121. The zero-order chi connectivity index (χ0) is 30.9. The van der Waals surface area contributed by atoms with E-state index < -0.39 is 0 Å². The third kappa shape index (κ3) is 7.57. The number of carbonyl (C=O) groups is 2. The number of hydrogen-bond acceptors (Lipinski definition) is 8. The Balaban J connectivity index is 1.52. The second-order valence-corrected chi connectivity index (χ2v) is 10.4. The molecule has 3 aromatic carbocycles. The van der Waals surface area contributed by atoms with Gasteiger partial charge in [0.2, 0.25) is 23.0 Å². The number of methoxy groups -OCH3 is 3. The van der Waals surface area contributed by atoms with Gasteiger partial charge >= 0.3 is 0 Å².